The van der Waals surface area contributed by atoms with Crippen LogP contribution in [0.5, 0.6) is 0 Å². The Labute approximate surface area is 129 Å². The van der Waals surface area contributed by atoms with Crippen molar-refractivity contribution < 1.29 is 13.2 Å². The number of anilines is 1. The van der Waals surface area contributed by atoms with E-state index in [9.17, 15) is 13.2 Å². The predicted molar refractivity (Wildman–Crippen MR) is 83.7 cm³/mol. The van der Waals surface area contributed by atoms with Crippen molar-refractivity contribution in [3.63, 3.8) is 0 Å². The summed E-state index contributed by atoms with van der Waals surface area (Å²) < 4.78 is 38.2. The Kier molecular flexibility index (Phi) is 4.53. The molecule has 0 saturated carbocycles. The quantitative estimate of drug-likeness (QED) is 0.806. The van der Waals surface area contributed by atoms with E-state index in [1.165, 1.54) is 6.07 Å². The molecule has 0 fully saturated rings. The van der Waals surface area contributed by atoms with Gasteiger partial charge in [0.25, 0.3) is 0 Å². The molecule has 0 amide bonds. The highest BCUT2D eigenvalue weighted by Crippen LogP contribution is 2.33. The second-order valence-corrected chi connectivity index (χ2v) is 5.92. The van der Waals surface area contributed by atoms with Crippen LogP contribution in [-0.4, -0.2) is 4.99 Å². The molecular formula is C14H13F3N2S2. The summed E-state index contributed by atoms with van der Waals surface area (Å²) in [4.78, 5) is 1.01. The maximum absolute atomic E-state index is 12.7. The van der Waals surface area contributed by atoms with Crippen molar-refractivity contribution in [1.29, 1.82) is 0 Å². The first-order valence-electron chi connectivity index (χ1n) is 6.10. The molecule has 2 rings (SSSR count). The van der Waals surface area contributed by atoms with Crippen molar-refractivity contribution in [2.45, 2.75) is 19.1 Å². The molecule has 2 nitrogen and oxygen atoms in total. The normalized spacial score (nSPS) is 13.0. The van der Waals surface area contributed by atoms with E-state index in [0.717, 1.165) is 17.0 Å². The fourth-order valence-electron chi connectivity index (χ4n) is 1.89. The zero-order valence-electron chi connectivity index (χ0n) is 11.1. The van der Waals surface area contributed by atoms with E-state index in [2.05, 4.69) is 5.32 Å². The molecule has 0 aliphatic carbocycles. The fourth-order valence-corrected chi connectivity index (χ4v) is 2.80. The maximum atomic E-state index is 12.7. The number of thiocarbonyl (C=S) groups is 1. The van der Waals surface area contributed by atoms with Gasteiger partial charge in [0.2, 0.25) is 0 Å². The van der Waals surface area contributed by atoms with Crippen LogP contribution in [0.2, 0.25) is 0 Å². The lowest BCUT2D eigenvalue weighted by Crippen LogP contribution is -2.16. The molecule has 0 aliphatic heterocycles. The molecule has 0 radical (unpaired) electrons. The van der Waals surface area contributed by atoms with Crippen LogP contribution >= 0.6 is 23.6 Å². The largest absolute Gasteiger partial charge is 0.416 e. The van der Waals surface area contributed by atoms with Crippen molar-refractivity contribution in [3.8, 4) is 0 Å². The molecule has 0 aliphatic rings. The third kappa shape index (κ3) is 3.74. The lowest BCUT2D eigenvalue weighted by atomic mass is 10.1. The second kappa shape index (κ2) is 6.03. The Morgan fingerprint density at radius 3 is 2.57 bits per heavy atom. The SMILES string of the molecule is CC(Nc1ccc(C(F)(F)F)cc1C(N)=S)c1cccs1. The van der Waals surface area contributed by atoms with Crippen molar-refractivity contribution >= 4 is 34.2 Å². The molecule has 1 heterocycles. The third-order valence-electron chi connectivity index (χ3n) is 2.95. The molecule has 1 atom stereocenters. The van der Waals surface area contributed by atoms with E-state index in [1.54, 1.807) is 11.3 Å². The van der Waals surface area contributed by atoms with Crippen LogP contribution in [0, 0.1) is 0 Å². The average Bonchev–Trinajstić information content (AvgIpc) is 2.91. The lowest BCUT2D eigenvalue weighted by molar-refractivity contribution is -0.137. The minimum Gasteiger partial charge on any atom is -0.389 e. The van der Waals surface area contributed by atoms with E-state index >= 15 is 0 Å². The molecule has 0 saturated heterocycles. The zero-order chi connectivity index (χ0) is 15.6. The van der Waals surface area contributed by atoms with Crippen LogP contribution in [0.25, 0.3) is 0 Å². The van der Waals surface area contributed by atoms with Gasteiger partial charge in [0, 0.05) is 16.1 Å². The van der Waals surface area contributed by atoms with Crippen LogP contribution in [0.15, 0.2) is 35.7 Å². The van der Waals surface area contributed by atoms with Gasteiger partial charge in [-0.3, -0.25) is 0 Å². The van der Waals surface area contributed by atoms with Crippen molar-refractivity contribution in [2.24, 2.45) is 5.73 Å². The highest BCUT2D eigenvalue weighted by atomic mass is 32.1. The van der Waals surface area contributed by atoms with Crippen LogP contribution < -0.4 is 11.1 Å². The highest BCUT2D eigenvalue weighted by Gasteiger charge is 2.31. The molecule has 1 aromatic carbocycles. The van der Waals surface area contributed by atoms with Crippen LogP contribution in [-0.2, 0) is 6.18 Å². The van der Waals surface area contributed by atoms with E-state index in [-0.39, 0.29) is 16.6 Å². The van der Waals surface area contributed by atoms with Crippen molar-refractivity contribution in [1.82, 2.24) is 0 Å². The second-order valence-electron chi connectivity index (χ2n) is 4.50. The lowest BCUT2D eigenvalue weighted by Gasteiger charge is -2.18. The first-order valence-corrected chi connectivity index (χ1v) is 7.39. The molecule has 21 heavy (non-hydrogen) atoms. The summed E-state index contributed by atoms with van der Waals surface area (Å²) in [5.74, 6) is 0. The van der Waals surface area contributed by atoms with Crippen LogP contribution in [0.1, 0.15) is 29.0 Å². The molecular weight excluding hydrogens is 317 g/mol. The molecule has 1 aromatic heterocycles. The van der Waals surface area contributed by atoms with Crippen molar-refractivity contribution in [3.05, 3.63) is 51.7 Å². The standard InChI is InChI=1S/C14H13F3N2S2/c1-8(12-3-2-6-21-12)19-11-5-4-9(14(15,16)17)7-10(11)13(18)20/h2-8,19H,1H3,(H2,18,20). The van der Waals surface area contributed by atoms with E-state index in [1.807, 2.05) is 24.4 Å². The van der Waals surface area contributed by atoms with Gasteiger partial charge in [-0.2, -0.15) is 13.2 Å². The number of hydrogen-bond donors (Lipinski definition) is 2. The molecule has 1 unspecified atom stereocenters. The number of nitrogens with two attached hydrogens (primary N) is 1. The van der Waals surface area contributed by atoms with Crippen LogP contribution in [0.3, 0.4) is 0 Å². The van der Waals surface area contributed by atoms with Gasteiger partial charge in [-0.05, 0) is 36.6 Å². The van der Waals surface area contributed by atoms with E-state index in [4.69, 9.17) is 18.0 Å². The summed E-state index contributed by atoms with van der Waals surface area (Å²) in [6, 6.07) is 7.18. The Balaban J connectivity index is 2.33. The summed E-state index contributed by atoms with van der Waals surface area (Å²) >= 11 is 6.42. The molecule has 0 bridgehead atoms. The van der Waals surface area contributed by atoms with E-state index < -0.39 is 11.7 Å². The summed E-state index contributed by atoms with van der Waals surface area (Å²) in [6.07, 6.45) is -4.42. The third-order valence-corrected chi connectivity index (χ3v) is 4.23. The zero-order valence-corrected chi connectivity index (χ0v) is 12.7. The Morgan fingerprint density at radius 1 is 1.33 bits per heavy atom. The minimum absolute atomic E-state index is 0.0464. The number of alkyl halides is 3. The monoisotopic (exact) mass is 330 g/mol. The number of rotatable bonds is 4. The summed E-state index contributed by atoms with van der Waals surface area (Å²) in [5, 5.41) is 5.09. The topological polar surface area (TPSA) is 38.0 Å². The fraction of sp³-hybridized carbons (Fsp3) is 0.214. The summed E-state index contributed by atoms with van der Waals surface area (Å²) in [6.45, 7) is 1.92. The minimum atomic E-state index is -4.42. The number of nitrogens with one attached hydrogen (secondary N) is 1. The predicted octanol–water partition coefficient (Wildman–Crippen LogP) is 4.57. The van der Waals surface area contributed by atoms with Gasteiger partial charge in [0.05, 0.1) is 11.6 Å². The Morgan fingerprint density at radius 2 is 2.05 bits per heavy atom. The summed E-state index contributed by atoms with van der Waals surface area (Å²) in [7, 11) is 0. The number of halogens is 3. The first-order chi connectivity index (χ1) is 9.79. The molecule has 112 valence electrons. The number of thiophene rings is 1. The highest BCUT2D eigenvalue weighted by molar-refractivity contribution is 7.80. The Bertz CT molecular complexity index is 636. The van der Waals surface area contributed by atoms with Gasteiger partial charge >= 0.3 is 6.18 Å². The van der Waals surface area contributed by atoms with Crippen molar-refractivity contribution in [2.75, 3.05) is 5.32 Å². The maximum Gasteiger partial charge on any atom is 0.416 e. The van der Waals surface area contributed by atoms with Gasteiger partial charge < -0.3 is 11.1 Å². The van der Waals surface area contributed by atoms with Gasteiger partial charge in [-0.1, -0.05) is 18.3 Å². The average molecular weight is 330 g/mol. The molecule has 7 heteroatoms. The number of hydrogen-bond acceptors (Lipinski definition) is 3. The van der Waals surface area contributed by atoms with Gasteiger partial charge in [0.1, 0.15) is 4.99 Å². The number of benzene rings is 1. The van der Waals surface area contributed by atoms with Gasteiger partial charge in [-0.15, -0.1) is 11.3 Å². The first kappa shape index (κ1) is 15.8. The van der Waals surface area contributed by atoms with E-state index in [0.29, 0.717) is 5.69 Å². The molecule has 2 aromatic rings. The molecule has 0 spiro atoms. The van der Waals surface area contributed by atoms with Crippen LogP contribution in [0.4, 0.5) is 18.9 Å². The van der Waals surface area contributed by atoms with Gasteiger partial charge in [0.15, 0.2) is 0 Å². The van der Waals surface area contributed by atoms with Gasteiger partial charge in [-0.25, -0.2) is 0 Å². The molecule has 3 N–H and O–H groups in total. The summed E-state index contributed by atoms with van der Waals surface area (Å²) in [5.41, 5.74) is 5.48. The smallest absolute Gasteiger partial charge is 0.389 e. The Hall–Kier alpha value is -1.60.